The summed E-state index contributed by atoms with van der Waals surface area (Å²) in [6.45, 7) is 5.49. The van der Waals surface area contributed by atoms with Gasteiger partial charge in [0.05, 0.1) is 12.1 Å². The van der Waals surface area contributed by atoms with Crippen molar-refractivity contribution in [2.45, 2.75) is 32.8 Å². The highest BCUT2D eigenvalue weighted by atomic mass is 16.3. The zero-order valence-electron chi connectivity index (χ0n) is 12.2. The first-order valence-corrected chi connectivity index (χ1v) is 6.68. The molecule has 0 aliphatic rings. The summed E-state index contributed by atoms with van der Waals surface area (Å²) < 4.78 is 0. The Hall–Kier alpha value is -1.88. The molecular formula is C15H22N2O3. The molecule has 0 aliphatic carbocycles. The minimum absolute atomic E-state index is 0.105. The number of aryl methyl sites for hydroxylation is 1. The van der Waals surface area contributed by atoms with Crippen LogP contribution in [0.15, 0.2) is 24.3 Å². The Morgan fingerprint density at radius 1 is 1.20 bits per heavy atom. The van der Waals surface area contributed by atoms with E-state index in [0.717, 1.165) is 5.56 Å². The van der Waals surface area contributed by atoms with Gasteiger partial charge >= 0.3 is 0 Å². The largest absolute Gasteiger partial charge is 0.388 e. The zero-order valence-corrected chi connectivity index (χ0v) is 12.2. The van der Waals surface area contributed by atoms with E-state index in [0.29, 0.717) is 12.0 Å². The van der Waals surface area contributed by atoms with Crippen LogP contribution in [-0.2, 0) is 4.79 Å². The molecule has 0 bridgehead atoms. The highest BCUT2D eigenvalue weighted by Gasteiger charge is 2.18. The van der Waals surface area contributed by atoms with Gasteiger partial charge in [-0.05, 0) is 32.4 Å². The standard InChI is InChI=1S/C15H22N2O3/c1-4-15(3,20)10-17-13(18)9-16-14(19)12-7-5-11(2)6-8-12/h5-8,20H,4,9-10H2,1-3H3,(H,16,19)(H,17,18). The maximum absolute atomic E-state index is 11.8. The summed E-state index contributed by atoms with van der Waals surface area (Å²) in [7, 11) is 0. The molecule has 0 fully saturated rings. The summed E-state index contributed by atoms with van der Waals surface area (Å²) in [6.07, 6.45) is 0.545. The summed E-state index contributed by atoms with van der Waals surface area (Å²) in [5.41, 5.74) is 0.668. The van der Waals surface area contributed by atoms with Gasteiger partial charge in [0.1, 0.15) is 0 Å². The van der Waals surface area contributed by atoms with E-state index in [2.05, 4.69) is 10.6 Å². The van der Waals surface area contributed by atoms with Crippen molar-refractivity contribution in [1.82, 2.24) is 10.6 Å². The predicted molar refractivity (Wildman–Crippen MR) is 77.4 cm³/mol. The van der Waals surface area contributed by atoms with Crippen LogP contribution in [0.3, 0.4) is 0 Å². The van der Waals surface area contributed by atoms with Crippen LogP contribution < -0.4 is 10.6 Å². The van der Waals surface area contributed by atoms with Crippen LogP contribution in [-0.4, -0.2) is 35.6 Å². The maximum atomic E-state index is 11.8. The van der Waals surface area contributed by atoms with Gasteiger partial charge in [-0.2, -0.15) is 0 Å². The van der Waals surface area contributed by atoms with Crippen molar-refractivity contribution in [2.75, 3.05) is 13.1 Å². The maximum Gasteiger partial charge on any atom is 0.251 e. The van der Waals surface area contributed by atoms with E-state index in [1.807, 2.05) is 26.0 Å². The molecule has 1 atom stereocenters. The summed E-state index contributed by atoms with van der Waals surface area (Å²) in [5.74, 6) is -0.610. The first kappa shape index (κ1) is 16.2. The normalized spacial score (nSPS) is 13.4. The lowest BCUT2D eigenvalue weighted by atomic mass is 10.0. The van der Waals surface area contributed by atoms with Crippen molar-refractivity contribution in [3.05, 3.63) is 35.4 Å². The second kappa shape index (κ2) is 7.05. The fourth-order valence-corrected chi connectivity index (χ4v) is 1.44. The number of aliphatic hydroxyl groups is 1. The second-order valence-electron chi connectivity index (χ2n) is 5.18. The summed E-state index contributed by atoms with van der Waals surface area (Å²) in [5, 5.41) is 14.9. The Bertz CT molecular complexity index is 467. The molecule has 2 amide bonds. The average molecular weight is 278 g/mol. The van der Waals surface area contributed by atoms with Gasteiger partial charge in [-0.3, -0.25) is 9.59 Å². The van der Waals surface area contributed by atoms with Gasteiger partial charge in [-0.15, -0.1) is 0 Å². The van der Waals surface area contributed by atoms with Crippen LogP contribution in [0.1, 0.15) is 36.2 Å². The fourth-order valence-electron chi connectivity index (χ4n) is 1.44. The quantitative estimate of drug-likeness (QED) is 0.726. The van der Waals surface area contributed by atoms with Gasteiger partial charge in [0, 0.05) is 12.1 Å². The SMILES string of the molecule is CCC(C)(O)CNC(=O)CNC(=O)c1ccc(C)cc1. The molecule has 0 saturated heterocycles. The Balaban J connectivity index is 2.37. The molecule has 5 nitrogen and oxygen atoms in total. The molecule has 0 heterocycles. The van der Waals surface area contributed by atoms with Gasteiger partial charge in [0.25, 0.3) is 5.91 Å². The zero-order chi connectivity index (χ0) is 15.2. The van der Waals surface area contributed by atoms with Crippen LogP contribution in [0.4, 0.5) is 0 Å². The highest BCUT2D eigenvalue weighted by Crippen LogP contribution is 2.05. The van der Waals surface area contributed by atoms with Gasteiger partial charge in [-0.1, -0.05) is 24.6 Å². The first-order chi connectivity index (χ1) is 9.34. The van der Waals surface area contributed by atoms with E-state index in [1.54, 1.807) is 19.1 Å². The lowest BCUT2D eigenvalue weighted by Crippen LogP contribution is -2.44. The van der Waals surface area contributed by atoms with Crippen LogP contribution in [0, 0.1) is 6.92 Å². The van der Waals surface area contributed by atoms with Gasteiger partial charge < -0.3 is 15.7 Å². The molecule has 5 heteroatoms. The third-order valence-corrected chi connectivity index (χ3v) is 3.15. The molecule has 0 radical (unpaired) electrons. The van der Waals surface area contributed by atoms with Crippen molar-refractivity contribution in [1.29, 1.82) is 0 Å². The highest BCUT2D eigenvalue weighted by molar-refractivity contribution is 5.96. The lowest BCUT2D eigenvalue weighted by Gasteiger charge is -2.21. The molecular weight excluding hydrogens is 256 g/mol. The molecule has 110 valence electrons. The van der Waals surface area contributed by atoms with Crippen LogP contribution in [0.2, 0.25) is 0 Å². The van der Waals surface area contributed by atoms with Crippen molar-refractivity contribution >= 4 is 11.8 Å². The van der Waals surface area contributed by atoms with E-state index in [-0.39, 0.29) is 24.9 Å². The van der Waals surface area contributed by atoms with E-state index >= 15 is 0 Å². The molecule has 20 heavy (non-hydrogen) atoms. The number of benzene rings is 1. The van der Waals surface area contributed by atoms with Gasteiger partial charge in [0.15, 0.2) is 0 Å². The Morgan fingerprint density at radius 2 is 1.80 bits per heavy atom. The van der Waals surface area contributed by atoms with Crippen molar-refractivity contribution in [3.63, 3.8) is 0 Å². The minimum atomic E-state index is -0.920. The summed E-state index contributed by atoms with van der Waals surface area (Å²) >= 11 is 0. The molecule has 0 spiro atoms. The second-order valence-corrected chi connectivity index (χ2v) is 5.18. The molecule has 1 aromatic carbocycles. The third-order valence-electron chi connectivity index (χ3n) is 3.15. The van der Waals surface area contributed by atoms with E-state index < -0.39 is 5.60 Å². The molecule has 3 N–H and O–H groups in total. The Kier molecular flexibility index (Phi) is 5.70. The molecule has 1 rings (SSSR count). The Morgan fingerprint density at radius 3 is 2.35 bits per heavy atom. The van der Waals surface area contributed by atoms with Crippen LogP contribution >= 0.6 is 0 Å². The molecule has 1 unspecified atom stereocenters. The van der Waals surface area contributed by atoms with E-state index in [1.165, 1.54) is 0 Å². The number of nitrogens with one attached hydrogen (secondary N) is 2. The predicted octanol–water partition coefficient (Wildman–Crippen LogP) is 1.00. The summed E-state index contributed by atoms with van der Waals surface area (Å²) in [6, 6.07) is 7.11. The third kappa shape index (κ3) is 5.40. The van der Waals surface area contributed by atoms with Crippen molar-refractivity contribution in [2.24, 2.45) is 0 Å². The van der Waals surface area contributed by atoms with E-state index in [9.17, 15) is 14.7 Å². The summed E-state index contributed by atoms with van der Waals surface area (Å²) in [4.78, 5) is 23.3. The number of carbonyl (C=O) groups is 2. The monoisotopic (exact) mass is 278 g/mol. The smallest absolute Gasteiger partial charge is 0.251 e. The topological polar surface area (TPSA) is 78.4 Å². The van der Waals surface area contributed by atoms with Crippen LogP contribution in [0.5, 0.6) is 0 Å². The van der Waals surface area contributed by atoms with Gasteiger partial charge in [-0.25, -0.2) is 0 Å². The molecule has 0 aromatic heterocycles. The van der Waals surface area contributed by atoms with Gasteiger partial charge in [0.2, 0.25) is 5.91 Å². The molecule has 1 aromatic rings. The first-order valence-electron chi connectivity index (χ1n) is 6.68. The number of amides is 2. The number of hydrogen-bond acceptors (Lipinski definition) is 3. The number of rotatable bonds is 6. The van der Waals surface area contributed by atoms with Crippen molar-refractivity contribution in [3.8, 4) is 0 Å². The van der Waals surface area contributed by atoms with Crippen LogP contribution in [0.25, 0.3) is 0 Å². The molecule has 0 saturated carbocycles. The Labute approximate surface area is 119 Å². The average Bonchev–Trinajstić information content (AvgIpc) is 2.43. The minimum Gasteiger partial charge on any atom is -0.388 e. The van der Waals surface area contributed by atoms with E-state index in [4.69, 9.17) is 0 Å². The lowest BCUT2D eigenvalue weighted by molar-refractivity contribution is -0.121. The fraction of sp³-hybridized carbons (Fsp3) is 0.467. The number of hydrogen-bond donors (Lipinski definition) is 3. The number of carbonyl (C=O) groups excluding carboxylic acids is 2. The van der Waals surface area contributed by atoms with Crippen molar-refractivity contribution < 1.29 is 14.7 Å². The molecule has 0 aliphatic heterocycles.